The van der Waals surface area contributed by atoms with Gasteiger partial charge >= 0.3 is 0 Å². The molecule has 0 aliphatic heterocycles. The van der Waals surface area contributed by atoms with Gasteiger partial charge in [-0.2, -0.15) is 0 Å². The van der Waals surface area contributed by atoms with E-state index in [-0.39, 0.29) is 5.41 Å². The minimum Gasteiger partial charge on any atom is -0.299 e. The SMILES string of the molecule is [2H]C=CCCC[C@@]1(C)C(=O)CC[C@@H]1C(C)C. The Kier molecular flexibility index (Phi) is 3.61. The van der Waals surface area contributed by atoms with Crippen molar-refractivity contribution in [1.29, 1.82) is 0 Å². The highest BCUT2D eigenvalue weighted by Gasteiger charge is 2.46. The lowest BCUT2D eigenvalue weighted by Crippen LogP contribution is -2.31. The predicted octanol–water partition coefficient (Wildman–Crippen LogP) is 3.98. The third-order valence-corrected chi connectivity index (χ3v) is 4.01. The highest BCUT2D eigenvalue weighted by atomic mass is 16.1. The van der Waals surface area contributed by atoms with Gasteiger partial charge in [0, 0.05) is 11.8 Å². The average Bonchev–Trinajstić information content (AvgIpc) is 2.51. The summed E-state index contributed by atoms with van der Waals surface area (Å²) in [7, 11) is 0. The minimum absolute atomic E-state index is 0.0932. The molecule has 1 saturated carbocycles. The fourth-order valence-corrected chi connectivity index (χ4v) is 3.08. The van der Waals surface area contributed by atoms with Crippen molar-refractivity contribution in [3.05, 3.63) is 12.6 Å². The van der Waals surface area contributed by atoms with E-state index in [0.717, 1.165) is 32.1 Å². The highest BCUT2D eigenvalue weighted by Crippen LogP contribution is 2.47. The summed E-state index contributed by atoms with van der Waals surface area (Å²) in [6, 6.07) is 0. The van der Waals surface area contributed by atoms with Crippen LogP contribution in [0.2, 0.25) is 0 Å². The first-order chi connectivity index (χ1) is 7.52. The molecule has 86 valence electrons. The van der Waals surface area contributed by atoms with Gasteiger partial charge in [0.25, 0.3) is 0 Å². The molecular weight excluding hydrogens is 184 g/mol. The fourth-order valence-electron chi connectivity index (χ4n) is 3.08. The van der Waals surface area contributed by atoms with E-state index in [9.17, 15) is 4.79 Å². The number of unbranched alkanes of at least 4 members (excludes halogenated alkanes) is 1. The van der Waals surface area contributed by atoms with Crippen LogP contribution in [0, 0.1) is 17.3 Å². The van der Waals surface area contributed by atoms with E-state index in [1.54, 1.807) is 0 Å². The van der Waals surface area contributed by atoms with Gasteiger partial charge in [0.05, 0.1) is 1.37 Å². The summed E-state index contributed by atoms with van der Waals surface area (Å²) in [6.45, 7) is 7.95. The lowest BCUT2D eigenvalue weighted by Gasteiger charge is -2.32. The molecule has 1 nitrogen and oxygen atoms in total. The third kappa shape index (κ3) is 2.50. The lowest BCUT2D eigenvalue weighted by molar-refractivity contribution is -0.127. The van der Waals surface area contributed by atoms with E-state index in [1.807, 2.05) is 6.08 Å². The molecule has 0 N–H and O–H groups in total. The zero-order valence-electron chi connectivity index (χ0n) is 11.3. The van der Waals surface area contributed by atoms with E-state index < -0.39 is 0 Å². The zero-order valence-corrected chi connectivity index (χ0v) is 10.3. The molecule has 0 aromatic heterocycles. The second kappa shape index (κ2) is 4.96. The van der Waals surface area contributed by atoms with Crippen molar-refractivity contribution in [3.63, 3.8) is 0 Å². The number of Topliss-reactive ketones (excluding diaryl/α,β-unsaturated/α-hetero) is 1. The number of ketones is 1. The number of carbonyl (C=O) groups excluding carboxylic acids is 1. The summed E-state index contributed by atoms with van der Waals surface area (Å²) in [4.78, 5) is 12.0. The molecule has 1 heteroatoms. The predicted molar refractivity (Wildman–Crippen MR) is 64.7 cm³/mol. The molecule has 0 aromatic carbocycles. The molecular formula is C14H24O. The summed E-state index contributed by atoms with van der Waals surface area (Å²) >= 11 is 0. The Morgan fingerprint density at radius 1 is 1.73 bits per heavy atom. The number of carbonyl (C=O) groups is 1. The number of allylic oxidation sites excluding steroid dienone is 1. The summed E-state index contributed by atoms with van der Waals surface area (Å²) < 4.78 is 6.94. The van der Waals surface area contributed by atoms with Crippen LogP contribution >= 0.6 is 0 Å². The monoisotopic (exact) mass is 209 g/mol. The Balaban J connectivity index is 2.60. The Hall–Kier alpha value is -0.590. The number of hydrogen-bond acceptors (Lipinski definition) is 1. The van der Waals surface area contributed by atoms with Crippen LogP contribution in [0.3, 0.4) is 0 Å². The Morgan fingerprint density at radius 2 is 2.47 bits per heavy atom. The highest BCUT2D eigenvalue weighted by molar-refractivity contribution is 5.86. The van der Waals surface area contributed by atoms with Crippen LogP contribution in [0.5, 0.6) is 0 Å². The van der Waals surface area contributed by atoms with Gasteiger partial charge in [-0.05, 0) is 37.5 Å². The first kappa shape index (κ1) is 10.9. The van der Waals surface area contributed by atoms with Gasteiger partial charge in [-0.1, -0.05) is 26.8 Å². The largest absolute Gasteiger partial charge is 0.299 e. The normalized spacial score (nSPS) is 32.9. The van der Waals surface area contributed by atoms with Gasteiger partial charge in [-0.25, -0.2) is 0 Å². The zero-order chi connectivity index (χ0) is 12.2. The van der Waals surface area contributed by atoms with Gasteiger partial charge in [-0.15, -0.1) is 6.55 Å². The maximum Gasteiger partial charge on any atom is 0.139 e. The smallest absolute Gasteiger partial charge is 0.139 e. The minimum atomic E-state index is -0.0932. The summed E-state index contributed by atoms with van der Waals surface area (Å²) in [6.07, 6.45) is 6.65. The quantitative estimate of drug-likeness (QED) is 0.494. The Morgan fingerprint density at radius 3 is 3.07 bits per heavy atom. The first-order valence-electron chi connectivity index (χ1n) is 6.67. The van der Waals surface area contributed by atoms with Crippen LogP contribution in [-0.4, -0.2) is 5.78 Å². The van der Waals surface area contributed by atoms with E-state index in [0.29, 0.717) is 17.6 Å². The fraction of sp³-hybridized carbons (Fsp3) is 0.786. The van der Waals surface area contributed by atoms with Crippen LogP contribution in [0.15, 0.2) is 12.6 Å². The molecule has 1 aliphatic carbocycles. The molecule has 0 spiro atoms. The van der Waals surface area contributed by atoms with Crippen molar-refractivity contribution in [1.82, 2.24) is 0 Å². The second-order valence-electron chi connectivity index (χ2n) is 5.36. The van der Waals surface area contributed by atoms with Crippen LogP contribution in [-0.2, 0) is 4.79 Å². The van der Waals surface area contributed by atoms with Gasteiger partial charge in [0.15, 0.2) is 0 Å². The summed E-state index contributed by atoms with van der Waals surface area (Å²) in [5, 5.41) is 0. The van der Waals surface area contributed by atoms with Gasteiger partial charge in [0.1, 0.15) is 5.78 Å². The van der Waals surface area contributed by atoms with Crippen molar-refractivity contribution in [2.45, 2.75) is 52.9 Å². The van der Waals surface area contributed by atoms with E-state index in [4.69, 9.17) is 1.37 Å². The number of hydrogen-bond donors (Lipinski definition) is 0. The maximum absolute atomic E-state index is 12.0. The first-order valence-corrected chi connectivity index (χ1v) is 6.09. The molecule has 0 bridgehead atoms. The van der Waals surface area contributed by atoms with E-state index >= 15 is 0 Å². The molecule has 2 atom stereocenters. The molecule has 0 aromatic rings. The van der Waals surface area contributed by atoms with Crippen molar-refractivity contribution < 1.29 is 6.17 Å². The van der Waals surface area contributed by atoms with Crippen molar-refractivity contribution >= 4 is 5.78 Å². The van der Waals surface area contributed by atoms with E-state index in [2.05, 4.69) is 20.8 Å². The van der Waals surface area contributed by atoms with E-state index in [1.165, 1.54) is 6.55 Å². The van der Waals surface area contributed by atoms with Crippen LogP contribution in [0.1, 0.15) is 54.2 Å². The lowest BCUT2D eigenvalue weighted by atomic mass is 9.70. The molecule has 0 unspecified atom stereocenters. The van der Waals surface area contributed by atoms with Gasteiger partial charge in [-0.3, -0.25) is 4.79 Å². The summed E-state index contributed by atoms with van der Waals surface area (Å²) in [5.74, 6) is 1.62. The Labute approximate surface area is 95.4 Å². The molecule has 0 radical (unpaired) electrons. The third-order valence-electron chi connectivity index (χ3n) is 4.01. The van der Waals surface area contributed by atoms with Crippen LogP contribution in [0.25, 0.3) is 0 Å². The van der Waals surface area contributed by atoms with Crippen molar-refractivity contribution in [2.24, 2.45) is 17.3 Å². The van der Waals surface area contributed by atoms with Crippen LogP contribution in [0.4, 0.5) is 0 Å². The second-order valence-corrected chi connectivity index (χ2v) is 5.36. The topological polar surface area (TPSA) is 17.1 Å². The molecule has 0 saturated heterocycles. The van der Waals surface area contributed by atoms with Crippen LogP contribution < -0.4 is 0 Å². The van der Waals surface area contributed by atoms with Crippen molar-refractivity contribution in [3.8, 4) is 0 Å². The number of rotatable bonds is 5. The molecule has 1 rings (SSSR count). The molecule has 15 heavy (non-hydrogen) atoms. The van der Waals surface area contributed by atoms with Gasteiger partial charge < -0.3 is 0 Å². The molecule has 0 amide bonds. The van der Waals surface area contributed by atoms with Crippen molar-refractivity contribution in [2.75, 3.05) is 0 Å². The van der Waals surface area contributed by atoms with Gasteiger partial charge in [0.2, 0.25) is 0 Å². The molecule has 1 aliphatic rings. The molecule has 0 heterocycles. The maximum atomic E-state index is 12.0. The standard InChI is InChI=1S/C14H24O/c1-5-6-7-10-14(4)12(11(2)3)8-9-13(14)15/h5,11-12H,1,6-10H2,2-4H3/t12-,14-/m1/s1/i1D. The Bertz CT molecular complexity index is 270. The average molecular weight is 209 g/mol. The molecule has 1 fully saturated rings. The summed E-state index contributed by atoms with van der Waals surface area (Å²) in [5.41, 5.74) is -0.0932.